The second kappa shape index (κ2) is 9.06. The summed E-state index contributed by atoms with van der Waals surface area (Å²) in [6.45, 7) is 7.52. The number of rotatable bonds is 6. The second-order valence-electron chi connectivity index (χ2n) is 9.67. The van der Waals surface area contributed by atoms with Crippen molar-refractivity contribution >= 4 is 22.7 Å². The number of pyridine rings is 1. The van der Waals surface area contributed by atoms with Crippen molar-refractivity contribution in [3.05, 3.63) is 115 Å². The number of anilines is 3. The molecule has 4 nitrogen and oxygen atoms in total. The van der Waals surface area contributed by atoms with E-state index in [1.807, 2.05) is 30.6 Å². The first-order valence-corrected chi connectivity index (χ1v) is 11.7. The molecule has 4 heteroatoms. The zero-order valence-corrected chi connectivity index (χ0v) is 19.9. The number of hydrogen-bond acceptors (Lipinski definition) is 3. The van der Waals surface area contributed by atoms with Crippen molar-refractivity contribution in [2.75, 3.05) is 10.6 Å². The molecule has 2 heterocycles. The predicted octanol–water partition coefficient (Wildman–Crippen LogP) is 7.65. The smallest absolute Gasteiger partial charge is 0.160 e. The van der Waals surface area contributed by atoms with E-state index in [1.54, 1.807) is 0 Å². The fraction of sp³-hybridized carbons (Fsp3) is 0.167. The van der Waals surface area contributed by atoms with Crippen molar-refractivity contribution in [3.63, 3.8) is 0 Å². The highest BCUT2D eigenvalue weighted by Gasteiger charge is 2.13. The maximum atomic E-state index is 4.54. The molecule has 0 aliphatic rings. The third-order valence-corrected chi connectivity index (χ3v) is 6.05. The molecular weight excluding hydrogens is 416 g/mol. The van der Waals surface area contributed by atoms with Crippen molar-refractivity contribution in [3.8, 4) is 11.1 Å². The standard InChI is InChI=1S/C30H30N4/c1-30(2,3)25-14-12-22(13-15-25)20-32-27-11-7-8-23(18-27)24-19-28(29-31-16-17-34(29)21-24)33-26-9-5-4-6-10-26/h4-19,21,32-33H,20H2,1-3H3. The monoisotopic (exact) mass is 446 g/mol. The molecule has 0 unspecified atom stereocenters. The molecule has 34 heavy (non-hydrogen) atoms. The van der Waals surface area contributed by atoms with Gasteiger partial charge in [0.1, 0.15) is 0 Å². The molecule has 0 spiro atoms. The van der Waals surface area contributed by atoms with E-state index < -0.39 is 0 Å². The molecule has 5 rings (SSSR count). The van der Waals surface area contributed by atoms with Crippen molar-refractivity contribution in [2.45, 2.75) is 32.7 Å². The van der Waals surface area contributed by atoms with Crippen LogP contribution in [0.2, 0.25) is 0 Å². The Labute approximate surface area is 201 Å². The van der Waals surface area contributed by atoms with E-state index in [4.69, 9.17) is 0 Å². The first kappa shape index (κ1) is 21.8. The summed E-state index contributed by atoms with van der Waals surface area (Å²) in [4.78, 5) is 4.54. The van der Waals surface area contributed by atoms with E-state index in [-0.39, 0.29) is 5.41 Å². The lowest BCUT2D eigenvalue weighted by molar-refractivity contribution is 0.590. The topological polar surface area (TPSA) is 41.4 Å². The highest BCUT2D eigenvalue weighted by atomic mass is 15.0. The van der Waals surface area contributed by atoms with Crippen LogP contribution in [0, 0.1) is 0 Å². The minimum absolute atomic E-state index is 0.171. The number of benzene rings is 3. The van der Waals surface area contributed by atoms with Crippen LogP contribution in [0.15, 0.2) is 104 Å². The Balaban J connectivity index is 1.38. The molecule has 0 saturated heterocycles. The summed E-state index contributed by atoms with van der Waals surface area (Å²) >= 11 is 0. The molecule has 0 saturated carbocycles. The number of nitrogens with one attached hydrogen (secondary N) is 2. The predicted molar refractivity (Wildman–Crippen MR) is 143 cm³/mol. The average Bonchev–Trinajstić information content (AvgIpc) is 3.33. The van der Waals surface area contributed by atoms with Gasteiger partial charge < -0.3 is 15.0 Å². The van der Waals surface area contributed by atoms with Gasteiger partial charge in [-0.25, -0.2) is 4.98 Å². The molecule has 0 aliphatic heterocycles. The first-order valence-electron chi connectivity index (χ1n) is 11.7. The molecule has 2 aromatic heterocycles. The number of aromatic nitrogens is 2. The van der Waals surface area contributed by atoms with Crippen LogP contribution >= 0.6 is 0 Å². The summed E-state index contributed by atoms with van der Waals surface area (Å²) in [7, 11) is 0. The van der Waals surface area contributed by atoms with E-state index in [0.29, 0.717) is 0 Å². The summed E-state index contributed by atoms with van der Waals surface area (Å²) in [5, 5.41) is 7.10. The summed E-state index contributed by atoms with van der Waals surface area (Å²) in [6, 6.07) is 29.8. The molecule has 0 bridgehead atoms. The zero-order valence-electron chi connectivity index (χ0n) is 19.9. The lowest BCUT2D eigenvalue weighted by Gasteiger charge is -2.19. The summed E-state index contributed by atoms with van der Waals surface area (Å²) in [5.74, 6) is 0. The molecule has 0 aliphatic carbocycles. The molecular formula is C30H30N4. The van der Waals surface area contributed by atoms with E-state index in [2.05, 4.69) is 114 Å². The van der Waals surface area contributed by atoms with Gasteiger partial charge >= 0.3 is 0 Å². The highest BCUT2D eigenvalue weighted by molar-refractivity contribution is 5.80. The first-order chi connectivity index (χ1) is 16.5. The Bertz CT molecular complexity index is 1390. The molecule has 0 atom stereocenters. The molecule has 0 amide bonds. The third-order valence-electron chi connectivity index (χ3n) is 6.05. The van der Waals surface area contributed by atoms with Crippen molar-refractivity contribution in [1.82, 2.24) is 9.38 Å². The molecule has 5 aromatic rings. The van der Waals surface area contributed by atoms with Crippen LogP contribution in [0.1, 0.15) is 31.9 Å². The lowest BCUT2D eigenvalue weighted by atomic mass is 9.87. The normalized spacial score (nSPS) is 11.5. The lowest BCUT2D eigenvalue weighted by Crippen LogP contribution is -2.11. The highest BCUT2D eigenvalue weighted by Crippen LogP contribution is 2.30. The minimum Gasteiger partial charge on any atom is -0.381 e. The number of nitrogens with zero attached hydrogens (tertiary/aromatic N) is 2. The Morgan fingerprint density at radius 1 is 0.794 bits per heavy atom. The molecule has 3 aromatic carbocycles. The van der Waals surface area contributed by atoms with Crippen molar-refractivity contribution in [2.24, 2.45) is 0 Å². The molecule has 2 N–H and O–H groups in total. The maximum Gasteiger partial charge on any atom is 0.160 e. The van der Waals surface area contributed by atoms with Gasteiger partial charge in [-0.2, -0.15) is 0 Å². The Morgan fingerprint density at radius 3 is 2.32 bits per heavy atom. The Hall–Kier alpha value is -4.05. The van der Waals surface area contributed by atoms with Gasteiger partial charge in [0.05, 0.1) is 5.69 Å². The second-order valence-corrected chi connectivity index (χ2v) is 9.67. The SMILES string of the molecule is CC(C)(C)c1ccc(CNc2cccc(-c3cc(Nc4ccccc4)c4nccn4c3)c2)cc1. The van der Waals surface area contributed by atoms with E-state index in [1.165, 1.54) is 11.1 Å². The van der Waals surface area contributed by atoms with Crippen LogP contribution in [0.25, 0.3) is 16.8 Å². The number of para-hydroxylation sites is 1. The fourth-order valence-electron chi connectivity index (χ4n) is 4.10. The number of fused-ring (bicyclic) bond motifs is 1. The van der Waals surface area contributed by atoms with Crippen LogP contribution in [-0.2, 0) is 12.0 Å². The number of hydrogen-bond donors (Lipinski definition) is 2. The largest absolute Gasteiger partial charge is 0.381 e. The summed E-state index contributed by atoms with van der Waals surface area (Å²) in [6.07, 6.45) is 5.94. The van der Waals surface area contributed by atoms with Gasteiger partial charge in [0.2, 0.25) is 0 Å². The molecule has 0 radical (unpaired) electrons. The van der Waals surface area contributed by atoms with E-state index in [0.717, 1.165) is 40.4 Å². The zero-order chi connectivity index (χ0) is 23.5. The quantitative estimate of drug-likeness (QED) is 0.281. The van der Waals surface area contributed by atoms with Crippen LogP contribution in [0.4, 0.5) is 17.1 Å². The van der Waals surface area contributed by atoms with Gasteiger partial charge in [-0.05, 0) is 52.4 Å². The van der Waals surface area contributed by atoms with Gasteiger partial charge in [0, 0.05) is 42.1 Å². The maximum absolute atomic E-state index is 4.54. The number of imidazole rings is 1. The van der Waals surface area contributed by atoms with E-state index >= 15 is 0 Å². The Morgan fingerprint density at radius 2 is 1.56 bits per heavy atom. The van der Waals surface area contributed by atoms with Crippen LogP contribution in [0.5, 0.6) is 0 Å². The molecule has 170 valence electrons. The fourth-order valence-corrected chi connectivity index (χ4v) is 4.10. The summed E-state index contributed by atoms with van der Waals surface area (Å²) in [5.41, 5.74) is 9.09. The summed E-state index contributed by atoms with van der Waals surface area (Å²) < 4.78 is 2.07. The van der Waals surface area contributed by atoms with Crippen LogP contribution in [0.3, 0.4) is 0 Å². The van der Waals surface area contributed by atoms with Gasteiger partial charge in [-0.3, -0.25) is 0 Å². The van der Waals surface area contributed by atoms with Crippen molar-refractivity contribution in [1.29, 1.82) is 0 Å². The average molecular weight is 447 g/mol. The third kappa shape index (κ3) is 4.81. The van der Waals surface area contributed by atoms with Gasteiger partial charge in [-0.15, -0.1) is 0 Å². The Kier molecular flexibility index (Phi) is 5.81. The van der Waals surface area contributed by atoms with E-state index in [9.17, 15) is 0 Å². The van der Waals surface area contributed by atoms with Gasteiger partial charge in [0.25, 0.3) is 0 Å². The molecule has 0 fully saturated rings. The van der Waals surface area contributed by atoms with Gasteiger partial charge in [0.15, 0.2) is 5.65 Å². The van der Waals surface area contributed by atoms with Gasteiger partial charge in [-0.1, -0.05) is 75.4 Å². The minimum atomic E-state index is 0.171. The van der Waals surface area contributed by atoms with Crippen LogP contribution in [-0.4, -0.2) is 9.38 Å². The van der Waals surface area contributed by atoms with Crippen molar-refractivity contribution < 1.29 is 0 Å². The van der Waals surface area contributed by atoms with Crippen LogP contribution < -0.4 is 10.6 Å².